The van der Waals surface area contributed by atoms with E-state index in [1.54, 1.807) is 18.2 Å². The second kappa shape index (κ2) is 10.9. The molecule has 10 nitrogen and oxygen atoms in total. The first-order valence-corrected chi connectivity index (χ1v) is 13.2. The number of amides is 2. The number of rotatable bonds is 9. The van der Waals surface area contributed by atoms with Crippen molar-refractivity contribution in [1.82, 2.24) is 15.5 Å². The lowest BCUT2D eigenvalue weighted by Gasteiger charge is -2.16. The number of aromatic nitrogens is 2. The van der Waals surface area contributed by atoms with Crippen molar-refractivity contribution in [3.8, 4) is 5.75 Å². The number of carbonyl (C=O) groups is 2. The van der Waals surface area contributed by atoms with Crippen LogP contribution in [0.3, 0.4) is 0 Å². The van der Waals surface area contributed by atoms with Crippen molar-refractivity contribution >= 4 is 27.7 Å². The molecule has 3 rings (SSSR count). The molecule has 1 aromatic carbocycles. The molecule has 1 heterocycles. The topological polar surface area (TPSA) is 139 Å². The van der Waals surface area contributed by atoms with Gasteiger partial charge in [-0.2, -0.15) is 5.10 Å². The van der Waals surface area contributed by atoms with Crippen molar-refractivity contribution in [1.29, 1.82) is 0 Å². The summed E-state index contributed by atoms with van der Waals surface area (Å²) < 4.78 is 34.9. The Balaban J connectivity index is 1.57. The molecule has 0 bridgehead atoms. The lowest BCUT2D eigenvalue weighted by atomic mass is 10.0. The van der Waals surface area contributed by atoms with Crippen LogP contribution >= 0.6 is 0 Å². The third kappa shape index (κ3) is 6.72. The molecule has 0 spiro atoms. The number of benzene rings is 1. The fourth-order valence-electron chi connectivity index (χ4n) is 3.94. The Morgan fingerprint density at radius 1 is 1.26 bits per heavy atom. The number of H-pyrrole nitrogens is 1. The number of ether oxygens (including phenoxy) is 2. The Morgan fingerprint density at radius 2 is 2.03 bits per heavy atom. The average Bonchev–Trinajstić information content (AvgIpc) is 3.42. The van der Waals surface area contributed by atoms with E-state index in [2.05, 4.69) is 20.8 Å². The predicted octanol–water partition coefficient (Wildman–Crippen LogP) is 3.16. The smallest absolute Gasteiger partial charge is 0.407 e. The van der Waals surface area contributed by atoms with Crippen molar-refractivity contribution < 1.29 is 27.5 Å². The molecule has 186 valence electrons. The van der Waals surface area contributed by atoms with E-state index in [9.17, 15) is 18.0 Å². The van der Waals surface area contributed by atoms with E-state index >= 15 is 0 Å². The van der Waals surface area contributed by atoms with Crippen LogP contribution in [0.2, 0.25) is 0 Å². The van der Waals surface area contributed by atoms with Gasteiger partial charge in [-0.15, -0.1) is 0 Å². The number of hydrogen-bond donors (Lipinski definition) is 3. The molecule has 1 fully saturated rings. The molecule has 1 aliphatic carbocycles. The van der Waals surface area contributed by atoms with E-state index in [0.717, 1.165) is 31.2 Å². The van der Waals surface area contributed by atoms with Gasteiger partial charge < -0.3 is 20.1 Å². The number of aromatic amines is 1. The van der Waals surface area contributed by atoms with Gasteiger partial charge in [0.05, 0.1) is 18.4 Å². The van der Waals surface area contributed by atoms with Crippen LogP contribution in [0.15, 0.2) is 29.2 Å². The van der Waals surface area contributed by atoms with Gasteiger partial charge in [-0.05, 0) is 50.3 Å². The largest absolute Gasteiger partial charge is 0.497 e. The second-order valence-corrected chi connectivity index (χ2v) is 10.7. The lowest BCUT2D eigenvalue weighted by Crippen LogP contribution is -2.34. The van der Waals surface area contributed by atoms with Gasteiger partial charge in [-0.25, -0.2) is 13.2 Å². The van der Waals surface area contributed by atoms with Crippen LogP contribution in [-0.4, -0.2) is 56.1 Å². The molecule has 1 aliphatic rings. The van der Waals surface area contributed by atoms with Gasteiger partial charge >= 0.3 is 6.09 Å². The highest BCUT2D eigenvalue weighted by Gasteiger charge is 2.30. The first-order valence-electron chi connectivity index (χ1n) is 11.3. The first-order chi connectivity index (χ1) is 16.1. The highest BCUT2D eigenvalue weighted by atomic mass is 32.2. The Kier molecular flexibility index (Phi) is 8.19. The van der Waals surface area contributed by atoms with E-state index in [-0.39, 0.29) is 35.3 Å². The number of nitrogens with one attached hydrogen (secondary N) is 3. The summed E-state index contributed by atoms with van der Waals surface area (Å²) in [6.45, 7) is 3.92. The SMILES string of the molecule is CC[C@H](C)NC(=O)O[C@@H]1CC[C@H](c2cc(NC(=O)Cc3ccc(OC)cc3S(C)(=O)=O)n[nH]2)C1. The minimum Gasteiger partial charge on any atom is -0.497 e. The fraction of sp³-hybridized carbons (Fsp3) is 0.522. The van der Waals surface area contributed by atoms with Crippen LogP contribution in [0, 0.1) is 0 Å². The van der Waals surface area contributed by atoms with Gasteiger partial charge in [-0.1, -0.05) is 13.0 Å². The standard InChI is InChI=1S/C23H32N4O6S/c1-5-14(2)24-23(29)33-18-9-6-15(10-18)19-13-21(27-26-19)25-22(28)11-16-7-8-17(32-3)12-20(16)34(4,30)31/h7-8,12-15,18H,5-6,9-11H2,1-4H3,(H,24,29)(H2,25,26,27,28)/t14-,15-,18+/m0/s1. The summed E-state index contributed by atoms with van der Waals surface area (Å²) in [5.41, 5.74) is 1.23. The molecule has 1 saturated carbocycles. The molecule has 2 amide bonds. The van der Waals surface area contributed by atoms with E-state index < -0.39 is 15.9 Å². The van der Waals surface area contributed by atoms with Crippen molar-refractivity contribution in [2.24, 2.45) is 0 Å². The quantitative estimate of drug-likeness (QED) is 0.488. The minimum atomic E-state index is -3.54. The Morgan fingerprint density at radius 3 is 2.71 bits per heavy atom. The predicted molar refractivity (Wildman–Crippen MR) is 127 cm³/mol. The van der Waals surface area contributed by atoms with Gasteiger partial charge in [0.1, 0.15) is 11.9 Å². The molecule has 3 N–H and O–H groups in total. The summed E-state index contributed by atoms with van der Waals surface area (Å²) in [5, 5.41) is 12.6. The summed E-state index contributed by atoms with van der Waals surface area (Å²) in [4.78, 5) is 24.6. The number of nitrogens with zero attached hydrogens (tertiary/aromatic N) is 1. The molecule has 0 radical (unpaired) electrons. The molecule has 3 atom stereocenters. The summed E-state index contributed by atoms with van der Waals surface area (Å²) in [6, 6.07) is 6.42. The molecule has 34 heavy (non-hydrogen) atoms. The van der Waals surface area contributed by atoms with Crippen LogP contribution in [0.1, 0.15) is 56.7 Å². The van der Waals surface area contributed by atoms with E-state index in [1.165, 1.54) is 13.2 Å². The first kappa shape index (κ1) is 25.5. The zero-order valence-corrected chi connectivity index (χ0v) is 20.7. The number of alkyl carbamates (subject to hydrolysis) is 1. The van der Waals surface area contributed by atoms with Crippen LogP contribution in [0.5, 0.6) is 5.75 Å². The van der Waals surface area contributed by atoms with Gasteiger partial charge in [-0.3, -0.25) is 9.89 Å². The molecule has 2 aromatic rings. The second-order valence-electron chi connectivity index (χ2n) is 8.67. The summed E-state index contributed by atoms with van der Waals surface area (Å²) in [6.07, 6.45) is 3.50. The van der Waals surface area contributed by atoms with E-state index in [1.807, 2.05) is 13.8 Å². The molecule has 0 aliphatic heterocycles. The Labute approximate surface area is 199 Å². The number of carbonyl (C=O) groups excluding carboxylic acids is 2. The minimum absolute atomic E-state index is 0.0547. The molecule has 11 heteroatoms. The fourth-order valence-corrected chi connectivity index (χ4v) is 4.89. The van der Waals surface area contributed by atoms with Crippen molar-refractivity contribution in [2.75, 3.05) is 18.7 Å². The maximum atomic E-state index is 12.6. The van der Waals surface area contributed by atoms with E-state index in [0.29, 0.717) is 23.6 Å². The number of methoxy groups -OCH3 is 1. The summed E-state index contributed by atoms with van der Waals surface area (Å²) in [7, 11) is -2.09. The zero-order chi connectivity index (χ0) is 24.9. The Bertz CT molecular complexity index is 1130. The van der Waals surface area contributed by atoms with Crippen molar-refractivity contribution in [3.63, 3.8) is 0 Å². The summed E-state index contributed by atoms with van der Waals surface area (Å²) in [5.74, 6) is 0.506. The number of hydrogen-bond acceptors (Lipinski definition) is 7. The third-order valence-electron chi connectivity index (χ3n) is 5.96. The molecule has 1 aromatic heterocycles. The van der Waals surface area contributed by atoms with Gasteiger partial charge in [0, 0.05) is 30.0 Å². The lowest BCUT2D eigenvalue weighted by molar-refractivity contribution is -0.115. The molecular weight excluding hydrogens is 460 g/mol. The van der Waals surface area contributed by atoms with Gasteiger partial charge in [0.25, 0.3) is 0 Å². The van der Waals surface area contributed by atoms with Crippen molar-refractivity contribution in [2.45, 2.75) is 68.9 Å². The Hall–Kier alpha value is -3.08. The average molecular weight is 493 g/mol. The highest BCUT2D eigenvalue weighted by Crippen LogP contribution is 2.36. The molecular formula is C23H32N4O6S. The number of anilines is 1. The number of sulfone groups is 1. The summed E-state index contributed by atoms with van der Waals surface area (Å²) >= 11 is 0. The van der Waals surface area contributed by atoms with Crippen LogP contribution in [0.4, 0.5) is 10.6 Å². The van der Waals surface area contributed by atoms with Gasteiger partial charge in [0.15, 0.2) is 15.7 Å². The molecule has 0 saturated heterocycles. The third-order valence-corrected chi connectivity index (χ3v) is 7.14. The monoisotopic (exact) mass is 492 g/mol. The van der Waals surface area contributed by atoms with Crippen LogP contribution in [-0.2, 0) is 25.8 Å². The normalized spacial score (nSPS) is 18.8. The highest BCUT2D eigenvalue weighted by molar-refractivity contribution is 7.90. The van der Waals surface area contributed by atoms with Gasteiger partial charge in [0.2, 0.25) is 5.91 Å². The van der Waals surface area contributed by atoms with Crippen LogP contribution in [0.25, 0.3) is 0 Å². The maximum absolute atomic E-state index is 12.6. The molecule has 0 unspecified atom stereocenters. The van der Waals surface area contributed by atoms with Crippen LogP contribution < -0.4 is 15.4 Å². The maximum Gasteiger partial charge on any atom is 0.407 e. The zero-order valence-electron chi connectivity index (χ0n) is 19.9. The van der Waals surface area contributed by atoms with Crippen molar-refractivity contribution in [3.05, 3.63) is 35.5 Å². The van der Waals surface area contributed by atoms with E-state index in [4.69, 9.17) is 9.47 Å².